The molecule has 0 aliphatic carbocycles. The quantitative estimate of drug-likeness (QED) is 0.647. The normalized spacial score (nSPS) is 14.5. The van der Waals surface area contributed by atoms with E-state index in [4.69, 9.17) is 0 Å². The second-order valence-corrected chi connectivity index (χ2v) is 4.04. The maximum absolute atomic E-state index is 3.51. The zero-order valence-electron chi connectivity index (χ0n) is 8.65. The van der Waals surface area contributed by atoms with Crippen molar-refractivity contribution >= 4 is 0 Å². The number of rotatable bonds is 5. The lowest BCUT2D eigenvalue weighted by molar-refractivity contribution is 0.344. The Hall–Kier alpha value is -0.0400. The summed E-state index contributed by atoms with van der Waals surface area (Å²) in [5, 5.41) is 3.51. The van der Waals surface area contributed by atoms with Crippen LogP contribution in [0, 0.1) is 11.8 Å². The molecule has 0 rings (SSSR count). The Morgan fingerprint density at radius 1 is 1.09 bits per heavy atom. The van der Waals surface area contributed by atoms with Gasteiger partial charge in [0.15, 0.2) is 0 Å². The molecule has 0 aromatic heterocycles. The predicted octanol–water partition coefficient (Wildman–Crippen LogP) is 2.67. The van der Waals surface area contributed by atoms with Crippen molar-refractivity contribution in [1.82, 2.24) is 5.32 Å². The van der Waals surface area contributed by atoms with Crippen LogP contribution in [0.3, 0.4) is 0 Å². The number of hydrogen-bond acceptors (Lipinski definition) is 1. The molecule has 0 amide bonds. The van der Waals surface area contributed by atoms with Gasteiger partial charge in [0, 0.05) is 6.04 Å². The Morgan fingerprint density at radius 2 is 1.64 bits per heavy atom. The summed E-state index contributed by atoms with van der Waals surface area (Å²) in [7, 11) is 0. The zero-order valence-corrected chi connectivity index (χ0v) is 8.65. The van der Waals surface area contributed by atoms with Crippen LogP contribution in [0.15, 0.2) is 0 Å². The molecule has 0 spiro atoms. The average Bonchev–Trinajstić information content (AvgIpc) is 1.86. The summed E-state index contributed by atoms with van der Waals surface area (Å²) in [6.45, 7) is 12.4. The highest BCUT2D eigenvalue weighted by atomic mass is 14.9. The summed E-state index contributed by atoms with van der Waals surface area (Å²) in [5.74, 6) is 1.57. The predicted molar refractivity (Wildman–Crippen MR) is 51.8 cm³/mol. The van der Waals surface area contributed by atoms with E-state index in [0.29, 0.717) is 6.04 Å². The Labute approximate surface area is 71.6 Å². The van der Waals surface area contributed by atoms with Gasteiger partial charge in [-0.3, -0.25) is 0 Å². The largest absolute Gasteiger partial charge is 0.314 e. The highest BCUT2D eigenvalue weighted by Crippen LogP contribution is 2.11. The van der Waals surface area contributed by atoms with Gasteiger partial charge in [-0.05, 0) is 24.8 Å². The fraction of sp³-hybridized carbons (Fsp3) is 1.00. The Balaban J connectivity index is 3.69. The van der Waals surface area contributed by atoms with E-state index in [0.717, 1.165) is 18.4 Å². The molecule has 0 aromatic rings. The standard InChI is InChI=1S/C10H23N/c1-6-11-10(9(4)5)7-8(2)3/h8-11H,6-7H2,1-5H3/t10-/m0/s1. The van der Waals surface area contributed by atoms with Crippen LogP contribution in [0.4, 0.5) is 0 Å². The second-order valence-electron chi connectivity index (χ2n) is 4.04. The molecule has 1 N–H and O–H groups in total. The van der Waals surface area contributed by atoms with Gasteiger partial charge in [0.05, 0.1) is 0 Å². The van der Waals surface area contributed by atoms with E-state index in [1.165, 1.54) is 6.42 Å². The van der Waals surface area contributed by atoms with Crippen molar-refractivity contribution in [3.05, 3.63) is 0 Å². The van der Waals surface area contributed by atoms with E-state index in [1.807, 2.05) is 0 Å². The van der Waals surface area contributed by atoms with Crippen LogP contribution in [-0.2, 0) is 0 Å². The lowest BCUT2D eigenvalue weighted by atomic mass is 9.95. The van der Waals surface area contributed by atoms with Crippen molar-refractivity contribution < 1.29 is 0 Å². The minimum absolute atomic E-state index is 0.708. The second kappa shape index (κ2) is 5.59. The summed E-state index contributed by atoms with van der Waals surface area (Å²) in [6.07, 6.45) is 1.30. The maximum atomic E-state index is 3.51. The van der Waals surface area contributed by atoms with E-state index < -0.39 is 0 Å². The molecule has 0 aliphatic rings. The Morgan fingerprint density at radius 3 is 1.91 bits per heavy atom. The average molecular weight is 157 g/mol. The molecule has 1 atom stereocenters. The van der Waals surface area contributed by atoms with Gasteiger partial charge in [0.25, 0.3) is 0 Å². The van der Waals surface area contributed by atoms with Crippen LogP contribution in [-0.4, -0.2) is 12.6 Å². The topological polar surface area (TPSA) is 12.0 Å². The highest BCUT2D eigenvalue weighted by molar-refractivity contribution is 4.70. The lowest BCUT2D eigenvalue weighted by Crippen LogP contribution is -2.34. The van der Waals surface area contributed by atoms with Gasteiger partial charge < -0.3 is 5.32 Å². The minimum Gasteiger partial charge on any atom is -0.314 e. The van der Waals surface area contributed by atoms with Crippen molar-refractivity contribution in [2.24, 2.45) is 11.8 Å². The first-order valence-electron chi connectivity index (χ1n) is 4.81. The molecule has 0 aliphatic heterocycles. The fourth-order valence-corrected chi connectivity index (χ4v) is 1.36. The first-order valence-corrected chi connectivity index (χ1v) is 4.81. The molecule has 11 heavy (non-hydrogen) atoms. The van der Waals surface area contributed by atoms with Gasteiger partial charge in [-0.25, -0.2) is 0 Å². The van der Waals surface area contributed by atoms with Crippen LogP contribution >= 0.6 is 0 Å². The molecular weight excluding hydrogens is 134 g/mol. The van der Waals surface area contributed by atoms with Gasteiger partial charge in [-0.2, -0.15) is 0 Å². The van der Waals surface area contributed by atoms with Crippen LogP contribution < -0.4 is 5.32 Å². The molecule has 0 unspecified atom stereocenters. The van der Waals surface area contributed by atoms with Crippen LogP contribution in [0.2, 0.25) is 0 Å². The van der Waals surface area contributed by atoms with Crippen molar-refractivity contribution in [3.63, 3.8) is 0 Å². The van der Waals surface area contributed by atoms with E-state index in [1.54, 1.807) is 0 Å². The molecule has 1 nitrogen and oxygen atoms in total. The van der Waals surface area contributed by atoms with Gasteiger partial charge >= 0.3 is 0 Å². The molecule has 0 heterocycles. The molecule has 0 saturated carbocycles. The van der Waals surface area contributed by atoms with Crippen LogP contribution in [0.25, 0.3) is 0 Å². The van der Waals surface area contributed by atoms with E-state index in [-0.39, 0.29) is 0 Å². The van der Waals surface area contributed by atoms with Crippen LogP contribution in [0.1, 0.15) is 41.0 Å². The molecule has 0 fully saturated rings. The molecule has 68 valence electrons. The monoisotopic (exact) mass is 157 g/mol. The third-order valence-corrected chi connectivity index (χ3v) is 2.00. The van der Waals surface area contributed by atoms with Crippen LogP contribution in [0.5, 0.6) is 0 Å². The maximum Gasteiger partial charge on any atom is 0.00923 e. The summed E-state index contributed by atoms with van der Waals surface area (Å²) >= 11 is 0. The smallest absolute Gasteiger partial charge is 0.00923 e. The zero-order chi connectivity index (χ0) is 8.85. The molecule has 0 bridgehead atoms. The van der Waals surface area contributed by atoms with Gasteiger partial charge in [-0.15, -0.1) is 0 Å². The van der Waals surface area contributed by atoms with Gasteiger partial charge in [0.1, 0.15) is 0 Å². The van der Waals surface area contributed by atoms with Crippen molar-refractivity contribution in [2.75, 3.05) is 6.54 Å². The first-order chi connectivity index (χ1) is 5.07. The molecule has 0 radical (unpaired) electrons. The summed E-state index contributed by atoms with van der Waals surface area (Å²) in [6, 6.07) is 0.708. The summed E-state index contributed by atoms with van der Waals surface area (Å²) in [5.41, 5.74) is 0. The van der Waals surface area contributed by atoms with E-state index in [2.05, 4.69) is 39.9 Å². The fourth-order valence-electron chi connectivity index (χ4n) is 1.36. The lowest BCUT2D eigenvalue weighted by Gasteiger charge is -2.23. The summed E-state index contributed by atoms with van der Waals surface area (Å²) in [4.78, 5) is 0. The summed E-state index contributed by atoms with van der Waals surface area (Å²) < 4.78 is 0. The Kier molecular flexibility index (Phi) is 5.57. The number of nitrogens with one attached hydrogen (secondary N) is 1. The molecule has 0 saturated heterocycles. The first kappa shape index (κ1) is 11.0. The van der Waals surface area contributed by atoms with Crippen molar-refractivity contribution in [3.8, 4) is 0 Å². The number of hydrogen-bond donors (Lipinski definition) is 1. The van der Waals surface area contributed by atoms with Crippen molar-refractivity contribution in [2.45, 2.75) is 47.1 Å². The third-order valence-electron chi connectivity index (χ3n) is 2.00. The molecule has 1 heteroatoms. The van der Waals surface area contributed by atoms with E-state index >= 15 is 0 Å². The SMILES string of the molecule is CCN[C@@H](CC(C)C)C(C)C. The Bertz CT molecular complexity index is 86.9. The van der Waals surface area contributed by atoms with Crippen molar-refractivity contribution in [1.29, 1.82) is 0 Å². The van der Waals surface area contributed by atoms with Gasteiger partial charge in [-0.1, -0.05) is 34.6 Å². The molecule has 0 aromatic carbocycles. The third kappa shape index (κ3) is 5.25. The van der Waals surface area contributed by atoms with E-state index in [9.17, 15) is 0 Å². The minimum atomic E-state index is 0.708. The highest BCUT2D eigenvalue weighted by Gasteiger charge is 2.12. The molecular formula is C10H23N. The van der Waals surface area contributed by atoms with Gasteiger partial charge in [0.2, 0.25) is 0 Å².